The van der Waals surface area contributed by atoms with E-state index < -0.39 is 11.9 Å². The molecule has 1 aromatic carbocycles. The number of hydrogen-bond donors (Lipinski definition) is 1. The Hall–Kier alpha value is -2.63. The summed E-state index contributed by atoms with van der Waals surface area (Å²) in [5, 5.41) is 2.59. The maximum atomic E-state index is 12.6. The molecule has 3 nitrogen and oxygen atoms in total. The monoisotopic (exact) mass is 306 g/mol. The van der Waals surface area contributed by atoms with E-state index in [0.29, 0.717) is 11.3 Å². The number of hydrogen-bond acceptors (Lipinski definition) is 2. The van der Waals surface area contributed by atoms with Crippen LogP contribution in [0.2, 0.25) is 0 Å². The van der Waals surface area contributed by atoms with E-state index in [1.807, 2.05) is 0 Å². The summed E-state index contributed by atoms with van der Waals surface area (Å²) in [5.74, 6) is -0.333. The number of amides is 1. The number of aryl methyl sites for hydroxylation is 1. The molecular weight excluding hydrogens is 293 g/mol. The summed E-state index contributed by atoms with van der Waals surface area (Å²) in [6.45, 7) is 4.88. The van der Waals surface area contributed by atoms with Gasteiger partial charge in [-0.3, -0.25) is 4.79 Å². The highest BCUT2D eigenvalue weighted by Gasteiger charge is 2.32. The molecule has 0 atom stereocenters. The first-order valence-corrected chi connectivity index (χ1v) is 6.40. The summed E-state index contributed by atoms with van der Waals surface area (Å²) in [6, 6.07) is 9.08. The van der Waals surface area contributed by atoms with Gasteiger partial charge in [-0.15, -0.1) is 0 Å². The van der Waals surface area contributed by atoms with Gasteiger partial charge in [0, 0.05) is 16.9 Å². The van der Waals surface area contributed by atoms with Gasteiger partial charge in [0.15, 0.2) is 0 Å². The minimum Gasteiger partial charge on any atom is -0.323 e. The van der Waals surface area contributed by atoms with Gasteiger partial charge in [0.2, 0.25) is 5.91 Å². The number of anilines is 1. The molecule has 0 fully saturated rings. The Morgan fingerprint density at radius 1 is 1.18 bits per heavy atom. The van der Waals surface area contributed by atoms with Gasteiger partial charge in [-0.05, 0) is 36.8 Å². The van der Waals surface area contributed by atoms with Crippen LogP contribution in [0, 0.1) is 6.92 Å². The van der Waals surface area contributed by atoms with Crippen LogP contribution in [0.15, 0.2) is 49.1 Å². The third kappa shape index (κ3) is 3.52. The van der Waals surface area contributed by atoms with Crippen molar-refractivity contribution in [3.8, 4) is 11.1 Å². The van der Waals surface area contributed by atoms with Gasteiger partial charge >= 0.3 is 6.18 Å². The summed E-state index contributed by atoms with van der Waals surface area (Å²) in [7, 11) is 0. The third-order valence-corrected chi connectivity index (χ3v) is 3.03. The van der Waals surface area contributed by atoms with Crippen molar-refractivity contribution in [1.82, 2.24) is 4.98 Å². The fourth-order valence-electron chi connectivity index (χ4n) is 1.95. The van der Waals surface area contributed by atoms with Crippen LogP contribution in [0.5, 0.6) is 0 Å². The molecule has 1 amide bonds. The average Bonchev–Trinajstić information content (AvgIpc) is 2.47. The smallest absolute Gasteiger partial charge is 0.323 e. The van der Waals surface area contributed by atoms with Crippen molar-refractivity contribution < 1.29 is 18.0 Å². The molecule has 0 spiro atoms. The number of benzene rings is 1. The second kappa shape index (κ2) is 6.01. The topological polar surface area (TPSA) is 42.0 Å². The number of halogens is 3. The van der Waals surface area contributed by atoms with Gasteiger partial charge in [0.05, 0.1) is 0 Å². The summed E-state index contributed by atoms with van der Waals surface area (Å²) in [5.41, 5.74) is 1.28. The lowest BCUT2D eigenvalue weighted by molar-refractivity contribution is -0.141. The molecular formula is C16H13F3N2O. The zero-order valence-corrected chi connectivity index (χ0v) is 11.7. The molecule has 1 N–H and O–H groups in total. The van der Waals surface area contributed by atoms with Crippen molar-refractivity contribution in [1.29, 1.82) is 0 Å². The summed E-state index contributed by atoms with van der Waals surface area (Å²) < 4.78 is 37.8. The average molecular weight is 306 g/mol. The van der Waals surface area contributed by atoms with Crippen molar-refractivity contribution in [3.05, 3.63) is 60.4 Å². The molecule has 0 aliphatic heterocycles. The van der Waals surface area contributed by atoms with Crippen LogP contribution in [-0.4, -0.2) is 10.9 Å². The van der Waals surface area contributed by atoms with Crippen molar-refractivity contribution in [3.63, 3.8) is 0 Å². The zero-order chi connectivity index (χ0) is 16.3. The Morgan fingerprint density at radius 2 is 1.82 bits per heavy atom. The maximum Gasteiger partial charge on any atom is 0.433 e. The molecule has 0 saturated heterocycles. The molecule has 1 aromatic heterocycles. The summed E-state index contributed by atoms with van der Waals surface area (Å²) >= 11 is 0. The Morgan fingerprint density at radius 3 is 2.32 bits per heavy atom. The van der Waals surface area contributed by atoms with Crippen molar-refractivity contribution in [2.45, 2.75) is 13.1 Å². The fourth-order valence-corrected chi connectivity index (χ4v) is 1.95. The molecule has 6 heteroatoms. The predicted molar refractivity (Wildman–Crippen MR) is 78.2 cm³/mol. The van der Waals surface area contributed by atoms with Crippen LogP contribution < -0.4 is 5.32 Å². The van der Waals surface area contributed by atoms with E-state index in [4.69, 9.17) is 0 Å². The summed E-state index contributed by atoms with van der Waals surface area (Å²) in [4.78, 5) is 14.8. The largest absolute Gasteiger partial charge is 0.433 e. The molecule has 1 heterocycles. The number of nitrogens with zero attached hydrogens (tertiary/aromatic N) is 1. The first-order chi connectivity index (χ1) is 10.3. The van der Waals surface area contributed by atoms with Crippen LogP contribution in [0.25, 0.3) is 11.1 Å². The Labute approximate surface area is 125 Å². The van der Waals surface area contributed by atoms with Gasteiger partial charge < -0.3 is 5.32 Å². The van der Waals surface area contributed by atoms with E-state index in [-0.39, 0.29) is 11.6 Å². The quantitative estimate of drug-likeness (QED) is 0.864. The second-order valence-electron chi connectivity index (χ2n) is 4.60. The van der Waals surface area contributed by atoms with Gasteiger partial charge in [0.25, 0.3) is 0 Å². The number of nitrogens with one attached hydrogen (secondary N) is 1. The zero-order valence-electron chi connectivity index (χ0n) is 11.7. The van der Waals surface area contributed by atoms with Crippen molar-refractivity contribution in [2.24, 2.45) is 0 Å². The van der Waals surface area contributed by atoms with Crippen LogP contribution in [0.3, 0.4) is 0 Å². The van der Waals surface area contributed by atoms with Crippen LogP contribution in [-0.2, 0) is 11.0 Å². The fraction of sp³-hybridized carbons (Fsp3) is 0.125. The van der Waals surface area contributed by atoms with E-state index in [1.54, 1.807) is 24.3 Å². The number of alkyl halides is 3. The van der Waals surface area contributed by atoms with Crippen LogP contribution >= 0.6 is 0 Å². The van der Waals surface area contributed by atoms with E-state index in [1.165, 1.54) is 13.0 Å². The van der Waals surface area contributed by atoms with Crippen LogP contribution in [0.1, 0.15) is 11.4 Å². The first-order valence-electron chi connectivity index (χ1n) is 6.40. The molecule has 2 aromatic rings. The van der Waals surface area contributed by atoms with Crippen molar-refractivity contribution in [2.75, 3.05) is 5.32 Å². The minimum atomic E-state index is -4.46. The highest BCUT2D eigenvalue weighted by atomic mass is 19.4. The van der Waals surface area contributed by atoms with E-state index in [0.717, 1.165) is 17.7 Å². The molecule has 22 heavy (non-hydrogen) atoms. The number of aromatic nitrogens is 1. The predicted octanol–water partition coefficient (Wildman–Crippen LogP) is 4.20. The second-order valence-corrected chi connectivity index (χ2v) is 4.60. The maximum absolute atomic E-state index is 12.6. The lowest BCUT2D eigenvalue weighted by Crippen LogP contribution is -2.09. The highest BCUT2D eigenvalue weighted by molar-refractivity contribution is 5.99. The number of carbonyl (C=O) groups is 1. The molecule has 0 aliphatic carbocycles. The molecule has 2 rings (SSSR count). The Kier molecular flexibility index (Phi) is 4.30. The SMILES string of the molecule is C=CC(=O)Nc1ccc(-c2ccc(C(F)(F)F)nc2C)cc1. The molecule has 0 saturated carbocycles. The third-order valence-electron chi connectivity index (χ3n) is 3.03. The van der Waals surface area contributed by atoms with E-state index in [9.17, 15) is 18.0 Å². The normalized spacial score (nSPS) is 11.1. The Balaban J connectivity index is 2.29. The minimum absolute atomic E-state index is 0.290. The van der Waals surface area contributed by atoms with Crippen molar-refractivity contribution >= 4 is 11.6 Å². The number of carbonyl (C=O) groups excluding carboxylic acids is 1. The van der Waals surface area contributed by atoms with Gasteiger partial charge in [-0.1, -0.05) is 24.8 Å². The first kappa shape index (κ1) is 15.8. The lowest BCUT2D eigenvalue weighted by atomic mass is 10.0. The number of rotatable bonds is 3. The van der Waals surface area contributed by atoms with E-state index >= 15 is 0 Å². The molecule has 114 valence electrons. The number of pyridine rings is 1. The van der Waals surface area contributed by atoms with Crippen LogP contribution in [0.4, 0.5) is 18.9 Å². The molecule has 0 unspecified atom stereocenters. The molecule has 0 bridgehead atoms. The molecule has 0 radical (unpaired) electrons. The standard InChI is InChI=1S/C16H13F3N2O/c1-3-15(22)21-12-6-4-11(5-7-12)13-8-9-14(16(17,18)19)20-10(13)2/h3-9H,1H2,2H3,(H,21,22). The van der Waals surface area contributed by atoms with Gasteiger partial charge in [-0.25, -0.2) is 4.98 Å². The van der Waals surface area contributed by atoms with E-state index in [2.05, 4.69) is 16.9 Å². The van der Waals surface area contributed by atoms with Gasteiger partial charge in [-0.2, -0.15) is 13.2 Å². The highest BCUT2D eigenvalue weighted by Crippen LogP contribution is 2.31. The lowest BCUT2D eigenvalue weighted by Gasteiger charge is -2.11. The molecule has 0 aliphatic rings. The summed E-state index contributed by atoms with van der Waals surface area (Å²) in [6.07, 6.45) is -3.31. The van der Waals surface area contributed by atoms with Gasteiger partial charge in [0.1, 0.15) is 5.69 Å². The Bertz CT molecular complexity index is 706.